The Bertz CT molecular complexity index is 325. The van der Waals surface area contributed by atoms with E-state index in [2.05, 4.69) is 4.98 Å². The van der Waals surface area contributed by atoms with Crippen LogP contribution in [0.3, 0.4) is 0 Å². The van der Waals surface area contributed by atoms with E-state index in [1.165, 1.54) is 17.0 Å². The van der Waals surface area contributed by atoms with Crippen molar-refractivity contribution in [2.45, 2.75) is 13.5 Å². The van der Waals surface area contributed by atoms with Crippen LogP contribution in [-0.2, 0) is 11.3 Å². The Morgan fingerprint density at radius 2 is 2.50 bits per heavy atom. The molecule has 5 heteroatoms. The average molecular weight is 170 g/mol. The van der Waals surface area contributed by atoms with Crippen molar-refractivity contribution in [3.8, 4) is 0 Å². The molecule has 0 aliphatic rings. The smallest absolute Gasteiger partial charge is 0.325 e. The molecule has 66 valence electrons. The van der Waals surface area contributed by atoms with Gasteiger partial charge in [-0.2, -0.15) is 0 Å². The number of aliphatic carboxylic acids is 1. The molecule has 1 heterocycles. The van der Waals surface area contributed by atoms with Gasteiger partial charge in [-0.3, -0.25) is 9.36 Å². The van der Waals surface area contributed by atoms with E-state index in [0.29, 0.717) is 0 Å². The maximum Gasteiger partial charge on any atom is 0.325 e. The van der Waals surface area contributed by atoms with Crippen LogP contribution >= 0.6 is 0 Å². The van der Waals surface area contributed by atoms with Gasteiger partial charge in [0.25, 0.3) is 0 Å². The fraction of sp³-hybridized carbons (Fsp3) is 0.429. The molecule has 12 heavy (non-hydrogen) atoms. The van der Waals surface area contributed by atoms with Gasteiger partial charge in [0.15, 0.2) is 0 Å². The molecule has 0 amide bonds. The molecule has 1 aromatic rings. The summed E-state index contributed by atoms with van der Waals surface area (Å²) < 4.78 is 1.33. The molecule has 1 unspecified atom stereocenters. The summed E-state index contributed by atoms with van der Waals surface area (Å²) >= 11 is 0. The maximum absolute atomic E-state index is 10.9. The van der Waals surface area contributed by atoms with Gasteiger partial charge in [0, 0.05) is 18.9 Å². The van der Waals surface area contributed by atoms with Gasteiger partial charge in [-0.25, -0.2) is 4.79 Å². The lowest BCUT2D eigenvalue weighted by atomic mass is 10.2. The summed E-state index contributed by atoms with van der Waals surface area (Å²) in [6, 6.07) is 0. The lowest BCUT2D eigenvalue weighted by molar-refractivity contribution is -0.141. The number of hydrogen-bond donors (Lipinski definition) is 2. The third-order valence-electron chi connectivity index (χ3n) is 1.61. The summed E-state index contributed by atoms with van der Waals surface area (Å²) in [6.45, 7) is 1.76. The van der Waals surface area contributed by atoms with Crippen molar-refractivity contribution in [2.75, 3.05) is 0 Å². The molecule has 0 saturated carbocycles. The van der Waals surface area contributed by atoms with Crippen molar-refractivity contribution >= 4 is 5.97 Å². The van der Waals surface area contributed by atoms with E-state index in [1.807, 2.05) is 0 Å². The molecule has 0 bridgehead atoms. The minimum absolute atomic E-state index is 0.206. The minimum Gasteiger partial charge on any atom is -0.481 e. The number of aromatic nitrogens is 2. The van der Waals surface area contributed by atoms with E-state index in [1.54, 1.807) is 6.92 Å². The van der Waals surface area contributed by atoms with Crippen molar-refractivity contribution in [3.63, 3.8) is 0 Å². The van der Waals surface area contributed by atoms with Crippen molar-refractivity contribution in [2.24, 2.45) is 5.92 Å². The van der Waals surface area contributed by atoms with Crippen LogP contribution in [-0.4, -0.2) is 20.6 Å². The van der Waals surface area contributed by atoms with Gasteiger partial charge in [0.1, 0.15) is 0 Å². The quantitative estimate of drug-likeness (QED) is 0.665. The van der Waals surface area contributed by atoms with E-state index in [4.69, 9.17) is 5.11 Å². The first-order valence-electron chi connectivity index (χ1n) is 3.58. The first kappa shape index (κ1) is 8.58. The second-order valence-corrected chi connectivity index (χ2v) is 2.66. The van der Waals surface area contributed by atoms with Gasteiger partial charge in [0.05, 0.1) is 5.92 Å². The Hall–Kier alpha value is -1.52. The molecule has 0 fully saturated rings. The largest absolute Gasteiger partial charge is 0.481 e. The lowest BCUT2D eigenvalue weighted by Gasteiger charge is -2.04. The summed E-state index contributed by atoms with van der Waals surface area (Å²) in [6.07, 6.45) is 3.01. The molecule has 1 atom stereocenters. The lowest BCUT2D eigenvalue weighted by Crippen LogP contribution is -2.23. The predicted molar refractivity (Wildman–Crippen MR) is 41.9 cm³/mol. The standard InChI is InChI=1S/C7H10N2O3/c1-5(6(10)11)4-9-3-2-8-7(9)12/h2-3,5H,4H2,1H3,(H,8,12)(H,10,11). The van der Waals surface area contributed by atoms with Crippen LogP contribution in [0.5, 0.6) is 0 Å². The van der Waals surface area contributed by atoms with E-state index >= 15 is 0 Å². The first-order valence-corrected chi connectivity index (χ1v) is 3.58. The number of carbonyl (C=O) groups is 1. The molecule has 5 nitrogen and oxygen atoms in total. The molecule has 1 aromatic heterocycles. The monoisotopic (exact) mass is 170 g/mol. The minimum atomic E-state index is -0.900. The average Bonchev–Trinajstić information content (AvgIpc) is 2.36. The first-order chi connectivity index (χ1) is 5.61. The second-order valence-electron chi connectivity index (χ2n) is 2.66. The summed E-state index contributed by atoms with van der Waals surface area (Å²) in [5.41, 5.74) is -0.275. The van der Waals surface area contributed by atoms with E-state index in [9.17, 15) is 9.59 Å². The Kier molecular flexibility index (Phi) is 2.32. The highest BCUT2D eigenvalue weighted by Crippen LogP contribution is 1.97. The predicted octanol–water partition coefficient (Wildman–Crippen LogP) is -0.103. The zero-order valence-electron chi connectivity index (χ0n) is 6.65. The number of rotatable bonds is 3. The van der Waals surface area contributed by atoms with Crippen LogP contribution in [0.4, 0.5) is 0 Å². The van der Waals surface area contributed by atoms with Gasteiger partial charge < -0.3 is 10.1 Å². The maximum atomic E-state index is 10.9. The fourth-order valence-corrected chi connectivity index (χ4v) is 0.866. The number of imidazole rings is 1. The van der Waals surface area contributed by atoms with Gasteiger partial charge in [-0.05, 0) is 0 Å². The van der Waals surface area contributed by atoms with E-state index in [-0.39, 0.29) is 12.2 Å². The number of carboxylic acids is 1. The van der Waals surface area contributed by atoms with E-state index in [0.717, 1.165) is 0 Å². The molecule has 2 N–H and O–H groups in total. The van der Waals surface area contributed by atoms with Crippen molar-refractivity contribution in [3.05, 3.63) is 22.9 Å². The molecule has 1 rings (SSSR count). The Morgan fingerprint density at radius 1 is 1.83 bits per heavy atom. The second kappa shape index (κ2) is 3.25. The summed E-state index contributed by atoms with van der Waals surface area (Å²) in [5.74, 6) is -1.44. The molecular weight excluding hydrogens is 160 g/mol. The summed E-state index contributed by atoms with van der Waals surface area (Å²) in [7, 11) is 0. The van der Waals surface area contributed by atoms with Crippen LogP contribution in [0, 0.1) is 5.92 Å². The number of aromatic amines is 1. The van der Waals surface area contributed by atoms with E-state index < -0.39 is 11.9 Å². The zero-order valence-corrected chi connectivity index (χ0v) is 6.65. The van der Waals surface area contributed by atoms with Crippen molar-refractivity contribution in [1.82, 2.24) is 9.55 Å². The highest BCUT2D eigenvalue weighted by atomic mass is 16.4. The molecule has 0 aliphatic heterocycles. The Labute approximate surface area is 68.6 Å². The fourth-order valence-electron chi connectivity index (χ4n) is 0.866. The zero-order chi connectivity index (χ0) is 9.14. The van der Waals surface area contributed by atoms with Gasteiger partial charge in [-0.15, -0.1) is 0 Å². The topological polar surface area (TPSA) is 75.1 Å². The number of carboxylic acid groups (broad SMARTS) is 1. The molecular formula is C7H10N2O3. The Balaban J connectivity index is 2.70. The van der Waals surface area contributed by atoms with Gasteiger partial charge in [0.2, 0.25) is 0 Å². The third kappa shape index (κ3) is 1.75. The van der Waals surface area contributed by atoms with Crippen LogP contribution in [0.25, 0.3) is 0 Å². The van der Waals surface area contributed by atoms with Crippen LogP contribution < -0.4 is 5.69 Å². The number of H-pyrrole nitrogens is 1. The third-order valence-corrected chi connectivity index (χ3v) is 1.61. The van der Waals surface area contributed by atoms with Gasteiger partial charge >= 0.3 is 11.7 Å². The summed E-state index contributed by atoms with van der Waals surface area (Å²) in [4.78, 5) is 23.7. The van der Waals surface area contributed by atoms with Crippen LogP contribution in [0.1, 0.15) is 6.92 Å². The molecule has 0 spiro atoms. The number of nitrogens with one attached hydrogen (secondary N) is 1. The van der Waals surface area contributed by atoms with Crippen LogP contribution in [0.15, 0.2) is 17.2 Å². The van der Waals surface area contributed by atoms with Crippen molar-refractivity contribution in [1.29, 1.82) is 0 Å². The number of hydrogen-bond acceptors (Lipinski definition) is 2. The highest BCUT2D eigenvalue weighted by molar-refractivity contribution is 5.69. The normalized spacial score (nSPS) is 12.8. The summed E-state index contributed by atoms with van der Waals surface area (Å²) in [5, 5.41) is 8.55. The molecule has 0 aliphatic carbocycles. The Morgan fingerprint density at radius 3 is 2.92 bits per heavy atom. The molecule has 0 saturated heterocycles. The van der Waals surface area contributed by atoms with Gasteiger partial charge in [-0.1, -0.05) is 6.92 Å². The molecule has 0 radical (unpaired) electrons. The SMILES string of the molecule is CC(Cn1cc[nH]c1=O)C(=O)O. The molecule has 0 aromatic carbocycles. The number of nitrogens with zero attached hydrogens (tertiary/aromatic N) is 1. The van der Waals surface area contributed by atoms with Crippen molar-refractivity contribution < 1.29 is 9.90 Å². The van der Waals surface area contributed by atoms with Crippen LogP contribution in [0.2, 0.25) is 0 Å². The highest BCUT2D eigenvalue weighted by Gasteiger charge is 2.11.